The minimum Gasteiger partial charge on any atom is -0.496 e. The van der Waals surface area contributed by atoms with Crippen LogP contribution in [-0.4, -0.2) is 36.8 Å². The summed E-state index contributed by atoms with van der Waals surface area (Å²) in [5.41, 5.74) is 7.81. The van der Waals surface area contributed by atoms with Crippen LogP contribution in [-0.2, 0) is 13.1 Å². The lowest BCUT2D eigenvalue weighted by Crippen LogP contribution is -2.27. The van der Waals surface area contributed by atoms with E-state index >= 15 is 0 Å². The second-order valence-electron chi connectivity index (χ2n) is 4.40. The van der Waals surface area contributed by atoms with E-state index in [1.54, 1.807) is 14.0 Å². The highest BCUT2D eigenvalue weighted by molar-refractivity contribution is 5.37. The number of nitrogens with two attached hydrogens (primary N) is 1. The quantitative estimate of drug-likeness (QED) is 0.775. The van der Waals surface area contributed by atoms with Gasteiger partial charge in [-0.25, -0.2) is 0 Å². The van der Waals surface area contributed by atoms with Crippen molar-refractivity contribution >= 4 is 0 Å². The third-order valence-corrected chi connectivity index (χ3v) is 2.60. The number of aliphatic hydroxyl groups is 1. The first-order chi connectivity index (χ1) is 8.06. The van der Waals surface area contributed by atoms with Crippen LogP contribution in [0.15, 0.2) is 18.2 Å². The maximum atomic E-state index is 9.34. The van der Waals surface area contributed by atoms with Gasteiger partial charge in [-0.3, -0.25) is 4.90 Å². The van der Waals surface area contributed by atoms with E-state index in [4.69, 9.17) is 10.5 Å². The molecule has 4 heteroatoms. The van der Waals surface area contributed by atoms with E-state index in [1.807, 2.05) is 19.2 Å². The first-order valence-corrected chi connectivity index (χ1v) is 5.79. The highest BCUT2D eigenvalue weighted by Gasteiger charge is 2.09. The van der Waals surface area contributed by atoms with Crippen molar-refractivity contribution in [2.24, 2.45) is 5.73 Å². The first-order valence-electron chi connectivity index (χ1n) is 5.79. The van der Waals surface area contributed by atoms with Gasteiger partial charge in [0.15, 0.2) is 0 Å². The summed E-state index contributed by atoms with van der Waals surface area (Å²) >= 11 is 0. The molecule has 4 nitrogen and oxygen atoms in total. The van der Waals surface area contributed by atoms with Crippen molar-refractivity contribution in [2.45, 2.75) is 26.1 Å². The van der Waals surface area contributed by atoms with Crippen LogP contribution in [0.1, 0.15) is 18.1 Å². The SMILES string of the molecule is COc1ccc(CN)cc1CN(C)CC(C)O. The molecule has 17 heavy (non-hydrogen) atoms. The molecule has 0 aromatic heterocycles. The van der Waals surface area contributed by atoms with Gasteiger partial charge < -0.3 is 15.6 Å². The number of aliphatic hydroxyl groups excluding tert-OH is 1. The Hall–Kier alpha value is -1.10. The van der Waals surface area contributed by atoms with Gasteiger partial charge in [-0.1, -0.05) is 6.07 Å². The third kappa shape index (κ3) is 4.34. The van der Waals surface area contributed by atoms with Crippen molar-refractivity contribution in [1.82, 2.24) is 4.90 Å². The Kier molecular flexibility index (Phi) is 5.41. The zero-order chi connectivity index (χ0) is 12.8. The molecule has 96 valence electrons. The molecule has 1 atom stereocenters. The van der Waals surface area contributed by atoms with Crippen LogP contribution in [0.3, 0.4) is 0 Å². The fraction of sp³-hybridized carbons (Fsp3) is 0.538. The van der Waals surface area contributed by atoms with Crippen molar-refractivity contribution in [2.75, 3.05) is 20.7 Å². The number of methoxy groups -OCH3 is 1. The van der Waals surface area contributed by atoms with Gasteiger partial charge in [-0.2, -0.15) is 0 Å². The maximum absolute atomic E-state index is 9.34. The Bertz CT molecular complexity index is 353. The molecular weight excluding hydrogens is 216 g/mol. The molecule has 0 aliphatic heterocycles. The monoisotopic (exact) mass is 238 g/mol. The Morgan fingerprint density at radius 2 is 2.18 bits per heavy atom. The standard InChI is InChI=1S/C13H22N2O2/c1-10(16)8-15(2)9-12-6-11(7-14)4-5-13(12)17-3/h4-6,10,16H,7-9,14H2,1-3H3. The van der Waals surface area contributed by atoms with E-state index in [9.17, 15) is 5.11 Å². The lowest BCUT2D eigenvalue weighted by atomic mass is 10.1. The molecular formula is C13H22N2O2. The van der Waals surface area contributed by atoms with Gasteiger partial charge in [0.25, 0.3) is 0 Å². The van der Waals surface area contributed by atoms with E-state index in [2.05, 4.69) is 11.0 Å². The zero-order valence-electron chi connectivity index (χ0n) is 10.8. The lowest BCUT2D eigenvalue weighted by molar-refractivity contribution is 0.138. The second-order valence-corrected chi connectivity index (χ2v) is 4.40. The normalized spacial score (nSPS) is 12.8. The van der Waals surface area contributed by atoms with Crippen LogP contribution in [0.5, 0.6) is 5.75 Å². The number of hydrogen-bond donors (Lipinski definition) is 2. The van der Waals surface area contributed by atoms with Gasteiger partial charge in [0.1, 0.15) is 5.75 Å². The number of ether oxygens (including phenoxy) is 1. The molecule has 0 saturated carbocycles. The summed E-state index contributed by atoms with van der Waals surface area (Å²) in [6.07, 6.45) is -0.330. The average Bonchev–Trinajstić information content (AvgIpc) is 2.27. The maximum Gasteiger partial charge on any atom is 0.123 e. The fourth-order valence-electron chi connectivity index (χ4n) is 1.89. The van der Waals surface area contributed by atoms with Crippen LogP contribution in [0.4, 0.5) is 0 Å². The van der Waals surface area contributed by atoms with Crippen LogP contribution in [0, 0.1) is 0 Å². The second kappa shape index (κ2) is 6.59. The highest BCUT2D eigenvalue weighted by atomic mass is 16.5. The summed E-state index contributed by atoms with van der Waals surface area (Å²) in [5.74, 6) is 0.861. The van der Waals surface area contributed by atoms with Crippen molar-refractivity contribution in [1.29, 1.82) is 0 Å². The minimum absolute atomic E-state index is 0.330. The van der Waals surface area contributed by atoms with Gasteiger partial charge in [-0.05, 0) is 31.7 Å². The molecule has 1 aromatic carbocycles. The van der Waals surface area contributed by atoms with Crippen LogP contribution in [0.25, 0.3) is 0 Å². The van der Waals surface area contributed by atoms with Crippen molar-refractivity contribution in [3.05, 3.63) is 29.3 Å². The number of rotatable bonds is 6. The number of benzene rings is 1. The molecule has 0 aliphatic carbocycles. The molecule has 0 amide bonds. The number of likely N-dealkylation sites (N-methyl/N-ethyl adjacent to an activating group) is 1. The topological polar surface area (TPSA) is 58.7 Å². The van der Waals surface area contributed by atoms with Gasteiger partial charge in [0, 0.05) is 25.2 Å². The molecule has 1 rings (SSSR count). The smallest absolute Gasteiger partial charge is 0.123 e. The molecule has 0 spiro atoms. The largest absolute Gasteiger partial charge is 0.496 e. The predicted molar refractivity (Wildman–Crippen MR) is 68.9 cm³/mol. The third-order valence-electron chi connectivity index (χ3n) is 2.60. The van der Waals surface area contributed by atoms with Gasteiger partial charge in [0.2, 0.25) is 0 Å². The molecule has 3 N–H and O–H groups in total. The van der Waals surface area contributed by atoms with Crippen molar-refractivity contribution in [3.8, 4) is 5.75 Å². The summed E-state index contributed by atoms with van der Waals surface area (Å²) in [6, 6.07) is 5.96. The molecule has 0 bridgehead atoms. The molecule has 0 fully saturated rings. The van der Waals surface area contributed by atoms with E-state index in [1.165, 1.54) is 0 Å². The summed E-state index contributed by atoms with van der Waals surface area (Å²) < 4.78 is 5.32. The van der Waals surface area contributed by atoms with Crippen LogP contribution >= 0.6 is 0 Å². The van der Waals surface area contributed by atoms with E-state index in [0.29, 0.717) is 13.1 Å². The summed E-state index contributed by atoms with van der Waals surface area (Å²) in [4.78, 5) is 2.06. The zero-order valence-corrected chi connectivity index (χ0v) is 10.8. The highest BCUT2D eigenvalue weighted by Crippen LogP contribution is 2.21. The minimum atomic E-state index is -0.330. The van der Waals surface area contributed by atoms with E-state index in [-0.39, 0.29) is 6.10 Å². The number of hydrogen-bond acceptors (Lipinski definition) is 4. The van der Waals surface area contributed by atoms with Gasteiger partial charge in [-0.15, -0.1) is 0 Å². The Morgan fingerprint density at radius 1 is 1.47 bits per heavy atom. The van der Waals surface area contributed by atoms with Gasteiger partial charge in [0.05, 0.1) is 13.2 Å². The molecule has 0 heterocycles. The van der Waals surface area contributed by atoms with Crippen molar-refractivity contribution in [3.63, 3.8) is 0 Å². The summed E-state index contributed by atoms with van der Waals surface area (Å²) in [6.45, 7) is 3.68. The number of nitrogens with zero attached hydrogens (tertiary/aromatic N) is 1. The fourth-order valence-corrected chi connectivity index (χ4v) is 1.89. The van der Waals surface area contributed by atoms with E-state index in [0.717, 1.165) is 23.4 Å². The summed E-state index contributed by atoms with van der Waals surface area (Å²) in [7, 11) is 3.64. The molecule has 0 aliphatic rings. The van der Waals surface area contributed by atoms with Crippen molar-refractivity contribution < 1.29 is 9.84 Å². The first kappa shape index (κ1) is 14.0. The summed E-state index contributed by atoms with van der Waals surface area (Å²) in [5, 5.41) is 9.34. The Balaban J connectivity index is 2.80. The Labute approximate surface area is 103 Å². The van der Waals surface area contributed by atoms with Gasteiger partial charge >= 0.3 is 0 Å². The molecule has 1 unspecified atom stereocenters. The lowest BCUT2D eigenvalue weighted by Gasteiger charge is -2.20. The molecule has 0 saturated heterocycles. The van der Waals surface area contributed by atoms with Crippen LogP contribution < -0.4 is 10.5 Å². The molecule has 1 aromatic rings. The van der Waals surface area contributed by atoms with Crippen LogP contribution in [0.2, 0.25) is 0 Å². The Morgan fingerprint density at radius 3 is 2.71 bits per heavy atom. The predicted octanol–water partition coefficient (Wildman–Crippen LogP) is 0.967. The van der Waals surface area contributed by atoms with E-state index < -0.39 is 0 Å². The molecule has 0 radical (unpaired) electrons. The average molecular weight is 238 g/mol.